The highest BCUT2D eigenvalue weighted by Crippen LogP contribution is 2.20. The molecule has 0 bridgehead atoms. The molecule has 9 heteroatoms. The van der Waals surface area contributed by atoms with Crippen LogP contribution in [0.15, 0.2) is 36.4 Å². The van der Waals surface area contributed by atoms with Crippen molar-refractivity contribution in [2.24, 2.45) is 0 Å². The van der Waals surface area contributed by atoms with Crippen molar-refractivity contribution in [1.29, 1.82) is 0 Å². The van der Waals surface area contributed by atoms with Gasteiger partial charge in [-0.1, -0.05) is 29.8 Å². The molecule has 0 aliphatic carbocycles. The van der Waals surface area contributed by atoms with Gasteiger partial charge in [-0.25, -0.2) is 9.18 Å². The number of anilines is 1. The number of amides is 2. The quantitative estimate of drug-likeness (QED) is 0.669. The normalized spacial score (nSPS) is 14.2. The molecule has 1 N–H and O–H groups in total. The van der Waals surface area contributed by atoms with Gasteiger partial charge in [0.25, 0.3) is 5.91 Å². The standard InChI is InChI=1S/C23H25ClFN3O4/c1-15-4-3-5-16(2)22(15)26-20(29)13-27-8-10-28(11-9-27)21(30)14-32-23(31)18-7-6-17(25)12-19(18)24/h3-7,12H,8-11,13-14H2,1-2H3,(H,26,29). The molecule has 3 rings (SSSR count). The molecule has 0 spiro atoms. The second-order valence-corrected chi connectivity index (χ2v) is 8.08. The van der Waals surface area contributed by atoms with Gasteiger partial charge in [-0.15, -0.1) is 0 Å². The fraction of sp³-hybridized carbons (Fsp3) is 0.348. The van der Waals surface area contributed by atoms with E-state index in [-0.39, 0.29) is 28.9 Å². The van der Waals surface area contributed by atoms with Crippen molar-refractivity contribution in [2.75, 3.05) is 44.6 Å². The first kappa shape index (κ1) is 23.7. The van der Waals surface area contributed by atoms with E-state index in [0.29, 0.717) is 26.2 Å². The average Bonchev–Trinajstić information content (AvgIpc) is 2.75. The van der Waals surface area contributed by atoms with E-state index in [2.05, 4.69) is 5.32 Å². The predicted molar refractivity (Wildman–Crippen MR) is 119 cm³/mol. The van der Waals surface area contributed by atoms with E-state index in [9.17, 15) is 18.8 Å². The Kier molecular flexibility index (Phi) is 7.82. The van der Waals surface area contributed by atoms with E-state index in [1.807, 2.05) is 36.9 Å². The summed E-state index contributed by atoms with van der Waals surface area (Å²) in [5.74, 6) is -1.79. The minimum Gasteiger partial charge on any atom is -0.452 e. The minimum absolute atomic E-state index is 0.000544. The van der Waals surface area contributed by atoms with E-state index in [1.54, 1.807) is 4.90 Å². The predicted octanol–water partition coefficient (Wildman–Crippen LogP) is 3.04. The van der Waals surface area contributed by atoms with Crippen LogP contribution in [0.5, 0.6) is 0 Å². The third kappa shape index (κ3) is 6.05. The lowest BCUT2D eigenvalue weighted by atomic mass is 10.1. The molecular weight excluding hydrogens is 437 g/mol. The number of hydrogen-bond acceptors (Lipinski definition) is 5. The van der Waals surface area contributed by atoms with Crippen LogP contribution in [0.2, 0.25) is 5.02 Å². The van der Waals surface area contributed by atoms with Crippen LogP contribution < -0.4 is 5.32 Å². The number of nitrogens with zero attached hydrogens (tertiary/aromatic N) is 2. The lowest BCUT2D eigenvalue weighted by Gasteiger charge is -2.34. The third-order valence-electron chi connectivity index (χ3n) is 5.32. The summed E-state index contributed by atoms with van der Waals surface area (Å²) >= 11 is 5.84. The molecule has 0 unspecified atom stereocenters. The molecule has 1 aliphatic heterocycles. The van der Waals surface area contributed by atoms with Crippen LogP contribution in [0.3, 0.4) is 0 Å². The van der Waals surface area contributed by atoms with E-state index in [4.69, 9.17) is 16.3 Å². The SMILES string of the molecule is Cc1cccc(C)c1NC(=O)CN1CCN(C(=O)COC(=O)c2ccc(F)cc2Cl)CC1. The highest BCUT2D eigenvalue weighted by atomic mass is 35.5. The first-order chi connectivity index (χ1) is 15.2. The molecule has 7 nitrogen and oxygen atoms in total. The number of piperazine rings is 1. The van der Waals surface area contributed by atoms with Crippen molar-refractivity contribution >= 4 is 35.1 Å². The topological polar surface area (TPSA) is 79.0 Å². The Hall–Kier alpha value is -2.97. The van der Waals surface area contributed by atoms with Gasteiger partial charge in [-0.05, 0) is 43.2 Å². The molecule has 0 saturated carbocycles. The molecule has 2 aromatic rings. The average molecular weight is 462 g/mol. The zero-order valence-electron chi connectivity index (χ0n) is 18.0. The fourth-order valence-corrected chi connectivity index (χ4v) is 3.74. The van der Waals surface area contributed by atoms with Gasteiger partial charge in [-0.2, -0.15) is 0 Å². The van der Waals surface area contributed by atoms with Crippen molar-refractivity contribution in [2.45, 2.75) is 13.8 Å². The third-order valence-corrected chi connectivity index (χ3v) is 5.63. The molecule has 0 atom stereocenters. The summed E-state index contributed by atoms with van der Waals surface area (Å²) in [4.78, 5) is 40.4. The number of para-hydroxylation sites is 1. The molecule has 32 heavy (non-hydrogen) atoms. The van der Waals surface area contributed by atoms with Crippen LogP contribution in [-0.2, 0) is 14.3 Å². The molecule has 1 heterocycles. The molecular formula is C23H25ClFN3O4. The molecule has 1 aliphatic rings. The Labute approximate surface area is 191 Å². The minimum atomic E-state index is -0.787. The largest absolute Gasteiger partial charge is 0.452 e. The summed E-state index contributed by atoms with van der Waals surface area (Å²) in [6.07, 6.45) is 0. The zero-order chi connectivity index (χ0) is 23.3. The van der Waals surface area contributed by atoms with Crippen LogP contribution >= 0.6 is 11.6 Å². The number of aryl methyl sites for hydroxylation is 2. The number of nitrogens with one attached hydrogen (secondary N) is 1. The van der Waals surface area contributed by atoms with Gasteiger partial charge in [0.1, 0.15) is 5.82 Å². The Balaban J connectivity index is 1.43. The van der Waals surface area contributed by atoms with Gasteiger partial charge < -0.3 is 15.0 Å². The number of ether oxygens (including phenoxy) is 1. The fourth-order valence-electron chi connectivity index (χ4n) is 3.50. The Morgan fingerprint density at radius 3 is 2.34 bits per heavy atom. The van der Waals surface area contributed by atoms with E-state index < -0.39 is 18.4 Å². The molecule has 0 aromatic heterocycles. The van der Waals surface area contributed by atoms with Crippen molar-refractivity contribution in [3.05, 3.63) is 63.9 Å². The number of carbonyl (C=O) groups excluding carboxylic acids is 3. The van der Waals surface area contributed by atoms with Crippen molar-refractivity contribution in [1.82, 2.24) is 9.80 Å². The van der Waals surface area contributed by atoms with Crippen LogP contribution in [-0.4, -0.2) is 66.9 Å². The summed E-state index contributed by atoms with van der Waals surface area (Å²) in [6.45, 7) is 5.60. The second-order valence-electron chi connectivity index (χ2n) is 7.67. The maximum absolute atomic E-state index is 13.1. The zero-order valence-corrected chi connectivity index (χ0v) is 18.7. The lowest BCUT2D eigenvalue weighted by molar-refractivity contribution is -0.136. The molecule has 1 saturated heterocycles. The van der Waals surface area contributed by atoms with Gasteiger partial charge in [0.05, 0.1) is 17.1 Å². The van der Waals surface area contributed by atoms with Gasteiger partial charge >= 0.3 is 5.97 Å². The number of rotatable bonds is 6. The summed E-state index contributed by atoms with van der Waals surface area (Å²) in [6, 6.07) is 9.17. The van der Waals surface area contributed by atoms with Crippen LogP contribution in [0.4, 0.5) is 10.1 Å². The Morgan fingerprint density at radius 1 is 1.06 bits per heavy atom. The second kappa shape index (κ2) is 10.6. The molecule has 1 fully saturated rings. The van der Waals surface area contributed by atoms with E-state index in [1.165, 1.54) is 6.07 Å². The first-order valence-corrected chi connectivity index (χ1v) is 10.6. The van der Waals surface area contributed by atoms with Crippen LogP contribution in [0.1, 0.15) is 21.5 Å². The number of carbonyl (C=O) groups is 3. The summed E-state index contributed by atoms with van der Waals surface area (Å²) in [5, 5.41) is 2.89. The lowest BCUT2D eigenvalue weighted by Crippen LogP contribution is -2.51. The van der Waals surface area contributed by atoms with Gasteiger partial charge in [-0.3, -0.25) is 14.5 Å². The van der Waals surface area contributed by atoms with E-state index >= 15 is 0 Å². The van der Waals surface area contributed by atoms with Gasteiger partial charge in [0.15, 0.2) is 6.61 Å². The molecule has 0 radical (unpaired) electrons. The van der Waals surface area contributed by atoms with E-state index in [0.717, 1.165) is 28.9 Å². The summed E-state index contributed by atoms with van der Waals surface area (Å²) in [5.41, 5.74) is 2.84. The Morgan fingerprint density at radius 2 is 1.72 bits per heavy atom. The van der Waals surface area contributed by atoms with Crippen molar-refractivity contribution in [3.8, 4) is 0 Å². The molecule has 170 valence electrons. The van der Waals surface area contributed by atoms with Crippen LogP contribution in [0.25, 0.3) is 0 Å². The number of esters is 1. The van der Waals surface area contributed by atoms with Gasteiger partial charge in [0.2, 0.25) is 5.91 Å². The maximum atomic E-state index is 13.1. The molecule has 2 aromatic carbocycles. The number of halogens is 2. The number of benzene rings is 2. The molecule has 2 amide bonds. The smallest absolute Gasteiger partial charge is 0.340 e. The Bertz CT molecular complexity index is 1000. The first-order valence-electron chi connectivity index (χ1n) is 10.2. The van der Waals surface area contributed by atoms with Crippen molar-refractivity contribution < 1.29 is 23.5 Å². The number of hydrogen-bond donors (Lipinski definition) is 1. The van der Waals surface area contributed by atoms with Crippen LogP contribution in [0, 0.1) is 19.7 Å². The highest BCUT2D eigenvalue weighted by Gasteiger charge is 2.24. The summed E-state index contributed by atoms with van der Waals surface area (Å²) < 4.78 is 18.1. The van der Waals surface area contributed by atoms with Crippen molar-refractivity contribution in [3.63, 3.8) is 0 Å². The maximum Gasteiger partial charge on any atom is 0.340 e. The summed E-state index contributed by atoms with van der Waals surface area (Å²) in [7, 11) is 0. The highest BCUT2D eigenvalue weighted by molar-refractivity contribution is 6.33. The van der Waals surface area contributed by atoms with Gasteiger partial charge in [0, 0.05) is 31.9 Å². The monoisotopic (exact) mass is 461 g/mol.